The van der Waals surface area contributed by atoms with Crippen molar-refractivity contribution in [3.63, 3.8) is 0 Å². The average molecular weight is 408 g/mol. The maximum absolute atomic E-state index is 12.5. The van der Waals surface area contributed by atoms with Crippen molar-refractivity contribution in [1.82, 2.24) is 9.88 Å². The van der Waals surface area contributed by atoms with Gasteiger partial charge in [-0.05, 0) is 23.1 Å². The number of hydrogen-bond donors (Lipinski definition) is 0. The summed E-state index contributed by atoms with van der Waals surface area (Å²) in [5, 5.41) is 16.0. The highest BCUT2D eigenvalue weighted by Gasteiger charge is 2.16. The molecule has 0 saturated heterocycles. The predicted octanol–water partition coefficient (Wildman–Crippen LogP) is 4.63. The van der Waals surface area contributed by atoms with Gasteiger partial charge < -0.3 is 4.90 Å². The first-order valence-electron chi connectivity index (χ1n) is 7.59. The van der Waals surface area contributed by atoms with E-state index < -0.39 is 4.92 Å². The molecule has 26 heavy (non-hydrogen) atoms. The van der Waals surface area contributed by atoms with Crippen LogP contribution >= 0.6 is 34.3 Å². The number of carbonyl (C=O) groups excluding carboxylic acids is 1. The highest BCUT2D eigenvalue weighted by atomic mass is 35.5. The van der Waals surface area contributed by atoms with Crippen molar-refractivity contribution < 1.29 is 9.72 Å². The minimum Gasteiger partial charge on any atom is -0.341 e. The van der Waals surface area contributed by atoms with E-state index in [2.05, 4.69) is 4.98 Å². The third-order valence-corrected chi connectivity index (χ3v) is 5.99. The highest BCUT2D eigenvalue weighted by Crippen LogP contribution is 2.28. The number of nitro groups is 1. The molecule has 0 aliphatic rings. The van der Waals surface area contributed by atoms with Gasteiger partial charge in [-0.15, -0.1) is 22.7 Å². The quantitative estimate of drug-likeness (QED) is 0.440. The minimum atomic E-state index is -0.483. The summed E-state index contributed by atoms with van der Waals surface area (Å²) in [7, 11) is 1.64. The number of carbonyl (C=O) groups is 1. The number of nitro benzene ring substituents is 1. The molecule has 0 fully saturated rings. The lowest BCUT2D eigenvalue weighted by atomic mass is 10.2. The van der Waals surface area contributed by atoms with E-state index in [1.807, 2.05) is 22.9 Å². The second-order valence-corrected chi connectivity index (χ2v) is 7.79. The van der Waals surface area contributed by atoms with Gasteiger partial charge in [0.25, 0.3) is 5.69 Å². The Bertz CT molecular complexity index is 941. The predicted molar refractivity (Wildman–Crippen MR) is 104 cm³/mol. The Labute approximate surface area is 162 Å². The van der Waals surface area contributed by atoms with E-state index in [-0.39, 0.29) is 24.6 Å². The fourth-order valence-electron chi connectivity index (χ4n) is 2.33. The summed E-state index contributed by atoms with van der Waals surface area (Å²) in [4.78, 5) is 29.9. The number of amides is 1. The molecule has 134 valence electrons. The van der Waals surface area contributed by atoms with Crippen molar-refractivity contribution in [3.05, 3.63) is 67.5 Å². The molecule has 0 spiro atoms. The molecule has 3 aromatic rings. The Morgan fingerprint density at radius 2 is 2.15 bits per heavy atom. The van der Waals surface area contributed by atoms with Crippen LogP contribution in [-0.4, -0.2) is 27.8 Å². The monoisotopic (exact) mass is 407 g/mol. The van der Waals surface area contributed by atoms with Crippen molar-refractivity contribution in [2.45, 2.75) is 13.0 Å². The molecule has 0 saturated carbocycles. The third-order valence-electron chi connectivity index (χ3n) is 3.69. The summed E-state index contributed by atoms with van der Waals surface area (Å²) in [6.07, 6.45) is 0.172. The van der Waals surface area contributed by atoms with Crippen molar-refractivity contribution in [3.8, 4) is 9.88 Å². The molecule has 1 amide bonds. The van der Waals surface area contributed by atoms with E-state index in [0.29, 0.717) is 16.3 Å². The van der Waals surface area contributed by atoms with Crippen LogP contribution in [0.2, 0.25) is 5.02 Å². The SMILES string of the molecule is CN(Cc1cc([N+](=O)[O-])ccc1Cl)C(=O)Cc1csc(-c2cccs2)n1. The van der Waals surface area contributed by atoms with Crippen LogP contribution in [0.4, 0.5) is 5.69 Å². The molecule has 0 bridgehead atoms. The van der Waals surface area contributed by atoms with Crippen LogP contribution in [0.5, 0.6) is 0 Å². The molecule has 2 heterocycles. The lowest BCUT2D eigenvalue weighted by Crippen LogP contribution is -2.28. The van der Waals surface area contributed by atoms with Gasteiger partial charge in [0.05, 0.1) is 21.9 Å². The van der Waals surface area contributed by atoms with Crippen molar-refractivity contribution in [2.24, 2.45) is 0 Å². The zero-order chi connectivity index (χ0) is 18.7. The molecule has 0 aliphatic carbocycles. The first-order chi connectivity index (χ1) is 12.4. The number of hydrogen-bond acceptors (Lipinski definition) is 6. The van der Waals surface area contributed by atoms with Crippen molar-refractivity contribution in [2.75, 3.05) is 7.05 Å². The van der Waals surface area contributed by atoms with Gasteiger partial charge in [-0.25, -0.2) is 4.98 Å². The number of non-ortho nitro benzene ring substituents is 1. The Balaban J connectivity index is 1.67. The number of aromatic nitrogens is 1. The number of rotatable bonds is 6. The molecule has 0 unspecified atom stereocenters. The van der Waals surface area contributed by atoms with Gasteiger partial charge in [-0.3, -0.25) is 14.9 Å². The summed E-state index contributed by atoms with van der Waals surface area (Å²) in [5.41, 5.74) is 1.19. The van der Waals surface area contributed by atoms with Crippen molar-refractivity contribution >= 4 is 45.9 Å². The first-order valence-corrected chi connectivity index (χ1v) is 9.73. The fourth-order valence-corrected chi connectivity index (χ4v) is 4.14. The first kappa shape index (κ1) is 18.5. The zero-order valence-electron chi connectivity index (χ0n) is 13.7. The lowest BCUT2D eigenvalue weighted by molar-refractivity contribution is -0.384. The van der Waals surface area contributed by atoms with Crippen molar-refractivity contribution in [1.29, 1.82) is 0 Å². The van der Waals surface area contributed by atoms with E-state index in [0.717, 1.165) is 9.88 Å². The Morgan fingerprint density at radius 1 is 1.35 bits per heavy atom. The molecular weight excluding hydrogens is 394 g/mol. The second kappa shape index (κ2) is 7.94. The van der Waals surface area contributed by atoms with Gasteiger partial charge in [0.1, 0.15) is 5.01 Å². The Hall–Kier alpha value is -2.29. The standard InChI is InChI=1S/C17H14ClN3O3S2/c1-20(9-11-7-13(21(23)24)4-5-14(11)18)16(22)8-12-10-26-17(19-12)15-3-2-6-25-15/h2-7,10H,8-9H2,1H3. The summed E-state index contributed by atoms with van der Waals surface area (Å²) in [5.74, 6) is -0.129. The molecule has 9 heteroatoms. The van der Waals surface area contributed by atoms with Crippen LogP contribution < -0.4 is 0 Å². The van der Waals surface area contributed by atoms with Gasteiger partial charge in [-0.2, -0.15) is 0 Å². The third kappa shape index (κ3) is 4.27. The average Bonchev–Trinajstić information content (AvgIpc) is 3.27. The van der Waals surface area contributed by atoms with Gasteiger partial charge >= 0.3 is 0 Å². The summed E-state index contributed by atoms with van der Waals surface area (Å²) >= 11 is 9.21. The smallest absolute Gasteiger partial charge is 0.269 e. The summed E-state index contributed by atoms with van der Waals surface area (Å²) in [6, 6.07) is 8.16. The van der Waals surface area contributed by atoms with Crippen LogP contribution in [-0.2, 0) is 17.8 Å². The summed E-state index contributed by atoms with van der Waals surface area (Å²) < 4.78 is 0. The fraction of sp³-hybridized carbons (Fsp3) is 0.176. The zero-order valence-corrected chi connectivity index (χ0v) is 16.1. The number of thiazole rings is 1. The van der Waals surface area contributed by atoms with Gasteiger partial charge in [0.2, 0.25) is 5.91 Å². The lowest BCUT2D eigenvalue weighted by Gasteiger charge is -2.17. The summed E-state index contributed by atoms with van der Waals surface area (Å²) in [6.45, 7) is 0.196. The molecular formula is C17H14ClN3O3S2. The van der Waals surface area contributed by atoms with E-state index in [9.17, 15) is 14.9 Å². The normalized spacial score (nSPS) is 10.7. The molecule has 0 radical (unpaired) electrons. The molecule has 2 aromatic heterocycles. The molecule has 3 rings (SSSR count). The molecule has 1 aromatic carbocycles. The number of nitrogens with zero attached hydrogens (tertiary/aromatic N) is 3. The molecule has 0 aliphatic heterocycles. The number of benzene rings is 1. The Morgan fingerprint density at radius 3 is 2.85 bits per heavy atom. The molecule has 0 N–H and O–H groups in total. The van der Waals surface area contributed by atoms with E-state index in [1.54, 1.807) is 18.4 Å². The van der Waals surface area contributed by atoms with Crippen LogP contribution in [0, 0.1) is 10.1 Å². The number of halogens is 1. The van der Waals surface area contributed by atoms with E-state index in [4.69, 9.17) is 11.6 Å². The number of thiophene rings is 1. The van der Waals surface area contributed by atoms with Crippen LogP contribution in [0.3, 0.4) is 0 Å². The van der Waals surface area contributed by atoms with Crippen LogP contribution in [0.25, 0.3) is 9.88 Å². The minimum absolute atomic E-state index is 0.0506. The topological polar surface area (TPSA) is 76.3 Å². The Kier molecular flexibility index (Phi) is 5.65. The maximum Gasteiger partial charge on any atom is 0.269 e. The largest absolute Gasteiger partial charge is 0.341 e. The van der Waals surface area contributed by atoms with E-state index in [1.165, 1.54) is 34.4 Å². The second-order valence-electron chi connectivity index (χ2n) is 5.58. The van der Waals surface area contributed by atoms with Gasteiger partial charge in [-0.1, -0.05) is 17.7 Å². The maximum atomic E-state index is 12.5. The van der Waals surface area contributed by atoms with Gasteiger partial charge in [0.15, 0.2) is 0 Å². The number of likely N-dealkylation sites (N-methyl/N-ethyl adjacent to an activating group) is 1. The highest BCUT2D eigenvalue weighted by molar-refractivity contribution is 7.20. The molecule has 6 nitrogen and oxygen atoms in total. The van der Waals surface area contributed by atoms with E-state index >= 15 is 0 Å². The van der Waals surface area contributed by atoms with Crippen LogP contribution in [0.15, 0.2) is 41.1 Å². The van der Waals surface area contributed by atoms with Crippen LogP contribution in [0.1, 0.15) is 11.3 Å². The molecule has 0 atom stereocenters. The van der Waals surface area contributed by atoms with Gasteiger partial charge in [0, 0.05) is 36.1 Å².